The molecule has 0 unspecified atom stereocenters. The Kier molecular flexibility index (Phi) is 3.53. The summed E-state index contributed by atoms with van der Waals surface area (Å²) in [6, 6.07) is 0. The molecule has 1 aliphatic rings. The fourth-order valence-electron chi connectivity index (χ4n) is 3.06. The third-order valence-corrected chi connectivity index (χ3v) is 5.07. The number of aryl methyl sites for hydroxylation is 1. The SMILES string of the molecule is Cn1ccn2ncc(C(=O)N3CCCN(c4nccs4)CC3)c12. The molecule has 4 heterocycles. The molecule has 0 N–H and O–H groups in total. The van der Waals surface area contributed by atoms with Gasteiger partial charge < -0.3 is 14.4 Å². The van der Waals surface area contributed by atoms with Crippen molar-refractivity contribution in [2.24, 2.45) is 7.05 Å². The van der Waals surface area contributed by atoms with Gasteiger partial charge in [0.15, 0.2) is 5.13 Å². The molecule has 1 saturated heterocycles. The second-order valence-electron chi connectivity index (χ2n) is 5.68. The number of thiazole rings is 1. The van der Waals surface area contributed by atoms with Gasteiger partial charge >= 0.3 is 0 Å². The van der Waals surface area contributed by atoms with Gasteiger partial charge in [0.05, 0.1) is 6.20 Å². The summed E-state index contributed by atoms with van der Waals surface area (Å²) in [6.07, 6.45) is 8.21. The van der Waals surface area contributed by atoms with Crippen molar-refractivity contribution in [2.45, 2.75) is 6.42 Å². The van der Waals surface area contributed by atoms with Crippen LogP contribution in [0.2, 0.25) is 0 Å². The van der Waals surface area contributed by atoms with Gasteiger partial charge in [-0.2, -0.15) is 5.10 Å². The van der Waals surface area contributed by atoms with Crippen molar-refractivity contribution in [2.75, 3.05) is 31.1 Å². The standard InChI is InChI=1S/C15H18N6OS/c1-18-6-9-21-13(18)12(11-17-21)14(22)19-4-2-5-20(8-7-19)15-16-3-10-23-15/h3,6,9-11H,2,4-5,7-8H2,1H3. The van der Waals surface area contributed by atoms with E-state index >= 15 is 0 Å². The minimum atomic E-state index is 0.0581. The van der Waals surface area contributed by atoms with Crippen LogP contribution >= 0.6 is 11.3 Å². The van der Waals surface area contributed by atoms with E-state index in [1.165, 1.54) is 0 Å². The van der Waals surface area contributed by atoms with Crippen LogP contribution < -0.4 is 4.90 Å². The number of anilines is 1. The highest BCUT2D eigenvalue weighted by atomic mass is 32.1. The quantitative estimate of drug-likeness (QED) is 0.714. The molecular formula is C15H18N6OS. The summed E-state index contributed by atoms with van der Waals surface area (Å²) in [6.45, 7) is 3.23. The van der Waals surface area contributed by atoms with E-state index in [0.29, 0.717) is 12.1 Å². The predicted octanol–water partition coefficient (Wildman–Crippen LogP) is 1.48. The summed E-state index contributed by atoms with van der Waals surface area (Å²) in [5.41, 5.74) is 1.51. The molecule has 3 aromatic rings. The summed E-state index contributed by atoms with van der Waals surface area (Å²) >= 11 is 1.65. The smallest absolute Gasteiger partial charge is 0.259 e. The highest BCUT2D eigenvalue weighted by molar-refractivity contribution is 7.13. The van der Waals surface area contributed by atoms with Gasteiger partial charge in [0.25, 0.3) is 5.91 Å². The van der Waals surface area contributed by atoms with Crippen molar-refractivity contribution in [3.63, 3.8) is 0 Å². The van der Waals surface area contributed by atoms with Crippen molar-refractivity contribution in [3.8, 4) is 0 Å². The minimum absolute atomic E-state index is 0.0581. The predicted molar refractivity (Wildman–Crippen MR) is 89.0 cm³/mol. The first-order valence-electron chi connectivity index (χ1n) is 7.66. The zero-order valence-corrected chi connectivity index (χ0v) is 13.7. The molecule has 0 aliphatic carbocycles. The van der Waals surface area contributed by atoms with Gasteiger partial charge in [-0.05, 0) is 6.42 Å². The first kappa shape index (κ1) is 14.3. The average Bonchev–Trinajstić information content (AvgIpc) is 3.24. The van der Waals surface area contributed by atoms with Crippen LogP contribution in [0.25, 0.3) is 5.65 Å². The molecule has 0 spiro atoms. The average molecular weight is 330 g/mol. The molecule has 7 nitrogen and oxygen atoms in total. The number of nitrogens with zero attached hydrogens (tertiary/aromatic N) is 6. The van der Waals surface area contributed by atoms with Crippen LogP contribution in [0.15, 0.2) is 30.2 Å². The maximum absolute atomic E-state index is 12.9. The summed E-state index contributed by atoms with van der Waals surface area (Å²) in [5.74, 6) is 0.0581. The summed E-state index contributed by atoms with van der Waals surface area (Å²) in [4.78, 5) is 21.5. The first-order valence-corrected chi connectivity index (χ1v) is 8.54. The summed E-state index contributed by atoms with van der Waals surface area (Å²) in [7, 11) is 1.93. The fraction of sp³-hybridized carbons (Fsp3) is 0.400. The lowest BCUT2D eigenvalue weighted by atomic mass is 10.2. The third kappa shape index (κ3) is 2.48. The largest absolute Gasteiger partial charge is 0.346 e. The van der Waals surface area contributed by atoms with Crippen LogP contribution in [0.1, 0.15) is 16.8 Å². The highest BCUT2D eigenvalue weighted by Gasteiger charge is 2.24. The van der Waals surface area contributed by atoms with Crippen LogP contribution in [0.5, 0.6) is 0 Å². The van der Waals surface area contributed by atoms with Crippen LogP contribution in [0.3, 0.4) is 0 Å². The molecular weight excluding hydrogens is 312 g/mol. The van der Waals surface area contributed by atoms with Crippen molar-refractivity contribution in [1.29, 1.82) is 0 Å². The maximum Gasteiger partial charge on any atom is 0.259 e. The second kappa shape index (κ2) is 5.69. The van der Waals surface area contributed by atoms with Gasteiger partial charge in [-0.3, -0.25) is 4.79 Å². The monoisotopic (exact) mass is 330 g/mol. The van der Waals surface area contributed by atoms with Crippen molar-refractivity contribution >= 4 is 28.0 Å². The molecule has 3 aromatic heterocycles. The Hall–Kier alpha value is -2.35. The molecule has 0 aromatic carbocycles. The maximum atomic E-state index is 12.9. The van der Waals surface area contributed by atoms with Gasteiger partial charge in [0.2, 0.25) is 0 Å². The van der Waals surface area contributed by atoms with E-state index in [1.807, 2.05) is 40.5 Å². The summed E-state index contributed by atoms with van der Waals surface area (Å²) < 4.78 is 3.67. The second-order valence-corrected chi connectivity index (χ2v) is 6.56. The van der Waals surface area contributed by atoms with Crippen molar-refractivity contribution < 1.29 is 4.79 Å². The lowest BCUT2D eigenvalue weighted by molar-refractivity contribution is 0.0768. The Morgan fingerprint density at radius 3 is 2.96 bits per heavy atom. The van der Waals surface area contributed by atoms with Gasteiger partial charge in [-0.1, -0.05) is 0 Å². The van der Waals surface area contributed by atoms with E-state index < -0.39 is 0 Å². The van der Waals surface area contributed by atoms with Crippen LogP contribution in [-0.2, 0) is 7.05 Å². The van der Waals surface area contributed by atoms with Gasteiger partial charge in [0, 0.05) is 57.2 Å². The number of rotatable bonds is 2. The number of carbonyl (C=O) groups is 1. The molecule has 4 rings (SSSR count). The number of fused-ring (bicyclic) bond motifs is 1. The van der Waals surface area contributed by atoms with Gasteiger partial charge in [0.1, 0.15) is 11.2 Å². The molecule has 1 aliphatic heterocycles. The third-order valence-electron chi connectivity index (χ3n) is 4.24. The van der Waals surface area contributed by atoms with E-state index in [9.17, 15) is 4.79 Å². The van der Waals surface area contributed by atoms with E-state index in [4.69, 9.17) is 0 Å². The van der Waals surface area contributed by atoms with Crippen molar-refractivity contribution in [3.05, 3.63) is 35.7 Å². The number of carbonyl (C=O) groups excluding carboxylic acids is 1. The molecule has 23 heavy (non-hydrogen) atoms. The molecule has 1 amide bonds. The lowest BCUT2D eigenvalue weighted by Gasteiger charge is -2.21. The number of hydrogen-bond acceptors (Lipinski definition) is 5. The topological polar surface area (TPSA) is 58.7 Å². The van der Waals surface area contributed by atoms with Crippen LogP contribution in [0.4, 0.5) is 5.13 Å². The lowest BCUT2D eigenvalue weighted by Crippen LogP contribution is -2.35. The highest BCUT2D eigenvalue weighted by Crippen LogP contribution is 2.20. The zero-order chi connectivity index (χ0) is 15.8. The Labute approximate surface area is 137 Å². The normalized spacial score (nSPS) is 16.0. The van der Waals surface area contributed by atoms with Gasteiger partial charge in [-0.15, -0.1) is 11.3 Å². The minimum Gasteiger partial charge on any atom is -0.346 e. The first-order chi connectivity index (χ1) is 11.2. The molecule has 0 atom stereocenters. The number of amides is 1. The van der Waals surface area contributed by atoms with E-state index in [0.717, 1.165) is 36.8 Å². The Bertz CT molecular complexity index is 820. The van der Waals surface area contributed by atoms with E-state index in [1.54, 1.807) is 22.0 Å². The Morgan fingerprint density at radius 1 is 1.22 bits per heavy atom. The molecule has 0 bridgehead atoms. The van der Waals surface area contributed by atoms with Crippen LogP contribution in [-0.4, -0.2) is 56.2 Å². The molecule has 0 radical (unpaired) electrons. The molecule has 8 heteroatoms. The van der Waals surface area contributed by atoms with Crippen LogP contribution in [0, 0.1) is 0 Å². The Morgan fingerprint density at radius 2 is 2.13 bits per heavy atom. The van der Waals surface area contributed by atoms with E-state index in [2.05, 4.69) is 15.0 Å². The Balaban J connectivity index is 1.54. The zero-order valence-electron chi connectivity index (χ0n) is 12.9. The number of aromatic nitrogens is 4. The number of hydrogen-bond donors (Lipinski definition) is 0. The van der Waals surface area contributed by atoms with Gasteiger partial charge in [-0.25, -0.2) is 9.50 Å². The molecule has 0 saturated carbocycles. The number of imidazole rings is 1. The fourth-order valence-corrected chi connectivity index (χ4v) is 3.75. The van der Waals surface area contributed by atoms with Crippen molar-refractivity contribution in [1.82, 2.24) is 24.1 Å². The molecule has 120 valence electrons. The van der Waals surface area contributed by atoms with E-state index in [-0.39, 0.29) is 5.91 Å². The summed E-state index contributed by atoms with van der Waals surface area (Å²) in [5, 5.41) is 7.29. The molecule has 1 fully saturated rings.